The fourth-order valence-corrected chi connectivity index (χ4v) is 2.95. The summed E-state index contributed by atoms with van der Waals surface area (Å²) in [5.41, 5.74) is 0.686. The molecule has 1 heterocycles. The van der Waals surface area contributed by atoms with Gasteiger partial charge < -0.3 is 10.6 Å². The summed E-state index contributed by atoms with van der Waals surface area (Å²) >= 11 is 6.05. The van der Waals surface area contributed by atoms with E-state index in [0.717, 1.165) is 32.6 Å². The zero-order valence-corrected chi connectivity index (χ0v) is 13.3. The molecule has 1 fully saturated rings. The van der Waals surface area contributed by atoms with Crippen molar-refractivity contribution in [2.45, 2.75) is 19.8 Å². The van der Waals surface area contributed by atoms with Crippen LogP contribution >= 0.6 is 11.6 Å². The highest BCUT2D eigenvalue weighted by Crippen LogP contribution is 2.21. The third-order valence-corrected chi connectivity index (χ3v) is 4.13. The van der Waals surface area contributed by atoms with Gasteiger partial charge in [0, 0.05) is 6.54 Å². The molecule has 2 N–H and O–H groups in total. The van der Waals surface area contributed by atoms with Crippen molar-refractivity contribution in [3.63, 3.8) is 0 Å². The predicted molar refractivity (Wildman–Crippen MR) is 87.8 cm³/mol. The summed E-state index contributed by atoms with van der Waals surface area (Å²) in [6, 6.07) is 7.33. The maximum absolute atomic E-state index is 12.1. The highest BCUT2D eigenvalue weighted by atomic mass is 35.5. The van der Waals surface area contributed by atoms with E-state index in [-0.39, 0.29) is 5.91 Å². The van der Waals surface area contributed by atoms with E-state index in [9.17, 15) is 4.79 Å². The molecule has 1 saturated heterocycles. The number of carbonyl (C=O) groups is 1. The first-order valence-electron chi connectivity index (χ1n) is 7.66. The molecule has 0 radical (unpaired) electrons. The van der Waals surface area contributed by atoms with E-state index in [4.69, 9.17) is 11.6 Å². The normalized spacial score (nSPS) is 19.4. The van der Waals surface area contributed by atoms with Crippen LogP contribution < -0.4 is 10.6 Å². The van der Waals surface area contributed by atoms with Gasteiger partial charge in [-0.1, -0.05) is 30.7 Å². The first-order valence-corrected chi connectivity index (χ1v) is 8.04. The number of nitrogens with zero attached hydrogens (tertiary/aromatic N) is 1. The quantitative estimate of drug-likeness (QED) is 0.849. The number of hydrogen-bond acceptors (Lipinski definition) is 3. The number of para-hydroxylation sites is 1. The minimum atomic E-state index is 0.00667. The highest BCUT2D eigenvalue weighted by Gasteiger charge is 2.21. The van der Waals surface area contributed by atoms with E-state index in [0.29, 0.717) is 23.2 Å². The van der Waals surface area contributed by atoms with Crippen molar-refractivity contribution in [1.82, 2.24) is 10.2 Å². The van der Waals surface area contributed by atoms with Crippen LogP contribution in [0.4, 0.5) is 5.69 Å². The first kappa shape index (κ1) is 16.3. The van der Waals surface area contributed by atoms with Gasteiger partial charge >= 0.3 is 0 Å². The van der Waals surface area contributed by atoms with Crippen LogP contribution in [0.2, 0.25) is 5.02 Å². The van der Waals surface area contributed by atoms with Gasteiger partial charge in [0.05, 0.1) is 17.3 Å². The van der Waals surface area contributed by atoms with Crippen molar-refractivity contribution < 1.29 is 4.79 Å². The maximum Gasteiger partial charge on any atom is 0.238 e. The summed E-state index contributed by atoms with van der Waals surface area (Å²) in [5, 5.41) is 6.86. The molecule has 0 aromatic heterocycles. The summed E-state index contributed by atoms with van der Waals surface area (Å²) < 4.78 is 0. The van der Waals surface area contributed by atoms with E-state index in [1.54, 1.807) is 6.07 Å². The van der Waals surface area contributed by atoms with Crippen molar-refractivity contribution >= 4 is 23.2 Å². The molecule has 1 unspecified atom stereocenters. The Balaban J connectivity index is 1.81. The Morgan fingerprint density at radius 3 is 3.00 bits per heavy atom. The first-order chi connectivity index (χ1) is 10.2. The van der Waals surface area contributed by atoms with E-state index < -0.39 is 0 Å². The fraction of sp³-hybridized carbons (Fsp3) is 0.562. The highest BCUT2D eigenvalue weighted by molar-refractivity contribution is 6.33. The number of likely N-dealkylation sites (tertiary alicyclic amines) is 1. The Hall–Kier alpha value is -1.10. The molecule has 1 atom stereocenters. The molecule has 0 bridgehead atoms. The molecule has 2 rings (SSSR count). The van der Waals surface area contributed by atoms with Crippen molar-refractivity contribution in [1.29, 1.82) is 0 Å². The average molecular weight is 310 g/mol. The summed E-state index contributed by atoms with van der Waals surface area (Å²) in [6.45, 7) is 6.59. The maximum atomic E-state index is 12.1. The lowest BCUT2D eigenvalue weighted by atomic mass is 9.98. The Morgan fingerprint density at radius 1 is 1.43 bits per heavy atom. The SMILES string of the molecule is CCNCC1CCCN(CC(=O)Nc2ccccc2Cl)C1. The molecule has 116 valence electrons. The molecule has 1 amide bonds. The van der Waals surface area contributed by atoms with E-state index in [2.05, 4.69) is 22.5 Å². The molecule has 1 aliphatic rings. The van der Waals surface area contributed by atoms with Crippen molar-refractivity contribution in [2.24, 2.45) is 5.92 Å². The average Bonchev–Trinajstić information content (AvgIpc) is 2.48. The Labute approximate surface area is 131 Å². The number of carbonyl (C=O) groups excluding carboxylic acids is 1. The smallest absolute Gasteiger partial charge is 0.238 e. The number of rotatable bonds is 6. The molecular weight excluding hydrogens is 286 g/mol. The second-order valence-electron chi connectivity index (χ2n) is 5.58. The largest absolute Gasteiger partial charge is 0.324 e. The summed E-state index contributed by atoms with van der Waals surface area (Å²) in [4.78, 5) is 14.4. The number of anilines is 1. The lowest BCUT2D eigenvalue weighted by Gasteiger charge is -2.32. The molecule has 0 aliphatic carbocycles. The molecule has 5 heteroatoms. The lowest BCUT2D eigenvalue weighted by molar-refractivity contribution is -0.117. The number of piperidine rings is 1. The van der Waals surface area contributed by atoms with Crippen LogP contribution in [0.3, 0.4) is 0 Å². The minimum absolute atomic E-state index is 0.00667. The van der Waals surface area contributed by atoms with Crippen molar-refractivity contribution in [3.05, 3.63) is 29.3 Å². The second-order valence-corrected chi connectivity index (χ2v) is 5.99. The number of hydrogen-bond donors (Lipinski definition) is 2. The van der Waals surface area contributed by atoms with Crippen LogP contribution in [-0.2, 0) is 4.79 Å². The van der Waals surface area contributed by atoms with Gasteiger partial charge in [0.25, 0.3) is 0 Å². The Kier molecular flexibility index (Phi) is 6.49. The third-order valence-electron chi connectivity index (χ3n) is 3.80. The summed E-state index contributed by atoms with van der Waals surface area (Å²) in [5.74, 6) is 0.652. The fourth-order valence-electron chi connectivity index (χ4n) is 2.77. The monoisotopic (exact) mass is 309 g/mol. The van der Waals surface area contributed by atoms with Gasteiger partial charge in [-0.2, -0.15) is 0 Å². The standard InChI is InChI=1S/C16H24ClN3O/c1-2-18-10-13-6-5-9-20(11-13)12-16(21)19-15-8-4-3-7-14(15)17/h3-4,7-8,13,18H,2,5-6,9-12H2,1H3,(H,19,21). The molecule has 0 saturated carbocycles. The van der Waals surface area contributed by atoms with Gasteiger partial charge in [-0.25, -0.2) is 0 Å². The number of nitrogens with one attached hydrogen (secondary N) is 2. The predicted octanol–water partition coefficient (Wildman–Crippen LogP) is 2.60. The van der Waals surface area contributed by atoms with Gasteiger partial charge in [-0.15, -0.1) is 0 Å². The molecule has 4 nitrogen and oxygen atoms in total. The molecule has 21 heavy (non-hydrogen) atoms. The number of halogens is 1. The number of benzene rings is 1. The minimum Gasteiger partial charge on any atom is -0.324 e. The molecule has 1 aromatic rings. The van der Waals surface area contributed by atoms with Crippen LogP contribution in [-0.4, -0.2) is 43.5 Å². The van der Waals surface area contributed by atoms with E-state index in [1.807, 2.05) is 18.2 Å². The van der Waals surface area contributed by atoms with Crippen LogP contribution in [0.15, 0.2) is 24.3 Å². The van der Waals surface area contributed by atoms with Gasteiger partial charge in [-0.3, -0.25) is 9.69 Å². The summed E-state index contributed by atoms with van der Waals surface area (Å²) in [7, 11) is 0. The van der Waals surface area contributed by atoms with Crippen molar-refractivity contribution in [2.75, 3.05) is 38.0 Å². The van der Waals surface area contributed by atoms with E-state index in [1.165, 1.54) is 6.42 Å². The lowest BCUT2D eigenvalue weighted by Crippen LogP contribution is -2.43. The number of amides is 1. The zero-order chi connectivity index (χ0) is 15.1. The van der Waals surface area contributed by atoms with Gasteiger partial charge in [0.2, 0.25) is 5.91 Å². The molecule has 0 spiro atoms. The van der Waals surface area contributed by atoms with Crippen LogP contribution in [0.1, 0.15) is 19.8 Å². The van der Waals surface area contributed by atoms with Crippen LogP contribution in [0.5, 0.6) is 0 Å². The molecule has 1 aliphatic heterocycles. The topological polar surface area (TPSA) is 44.4 Å². The van der Waals surface area contributed by atoms with Crippen LogP contribution in [0.25, 0.3) is 0 Å². The summed E-state index contributed by atoms with van der Waals surface area (Å²) in [6.07, 6.45) is 2.41. The second kappa shape index (κ2) is 8.37. The van der Waals surface area contributed by atoms with Gasteiger partial charge in [0.1, 0.15) is 0 Å². The van der Waals surface area contributed by atoms with Gasteiger partial charge in [-0.05, 0) is 50.5 Å². The third kappa shape index (κ3) is 5.30. The van der Waals surface area contributed by atoms with Crippen LogP contribution in [0, 0.1) is 5.92 Å². The molecular formula is C16H24ClN3O. The van der Waals surface area contributed by atoms with Gasteiger partial charge in [0.15, 0.2) is 0 Å². The zero-order valence-electron chi connectivity index (χ0n) is 12.6. The molecule has 1 aromatic carbocycles. The van der Waals surface area contributed by atoms with E-state index >= 15 is 0 Å². The Bertz CT molecular complexity index is 467. The Morgan fingerprint density at radius 2 is 2.24 bits per heavy atom. The van der Waals surface area contributed by atoms with Crippen molar-refractivity contribution in [3.8, 4) is 0 Å².